The van der Waals surface area contributed by atoms with Crippen LogP contribution in [0.5, 0.6) is 5.75 Å². The minimum absolute atomic E-state index is 0.0323. The number of halogens is 1. The number of carbonyl (C=O) groups is 1. The van der Waals surface area contributed by atoms with Crippen molar-refractivity contribution in [3.8, 4) is 16.9 Å². The third-order valence-corrected chi connectivity index (χ3v) is 5.13. The zero-order valence-electron chi connectivity index (χ0n) is 14.7. The Labute approximate surface area is 149 Å². The summed E-state index contributed by atoms with van der Waals surface area (Å²) in [7, 11) is 0. The van der Waals surface area contributed by atoms with Crippen molar-refractivity contribution in [2.24, 2.45) is 11.8 Å². The number of carbonyl (C=O) groups excluding carboxylic acids is 1. The Morgan fingerprint density at radius 3 is 2.08 bits per heavy atom. The lowest BCUT2D eigenvalue weighted by Gasteiger charge is -2.26. The van der Waals surface area contributed by atoms with Gasteiger partial charge in [-0.25, -0.2) is 4.39 Å². The third kappa shape index (κ3) is 4.68. The molecule has 1 aliphatic rings. The topological polar surface area (TPSA) is 26.3 Å². The fourth-order valence-corrected chi connectivity index (χ4v) is 3.65. The van der Waals surface area contributed by atoms with Gasteiger partial charge in [0.25, 0.3) is 0 Å². The average Bonchev–Trinajstić information content (AvgIpc) is 2.64. The molecule has 0 aliphatic heterocycles. The fraction of sp³-hybridized carbons (Fsp3) is 0.409. The van der Waals surface area contributed by atoms with Crippen molar-refractivity contribution < 1.29 is 13.9 Å². The fourth-order valence-electron chi connectivity index (χ4n) is 3.65. The van der Waals surface area contributed by atoms with Crippen molar-refractivity contribution in [1.82, 2.24) is 0 Å². The van der Waals surface area contributed by atoms with Crippen LogP contribution in [0.25, 0.3) is 11.1 Å². The first-order valence-corrected chi connectivity index (χ1v) is 9.23. The van der Waals surface area contributed by atoms with Crippen LogP contribution in [0, 0.1) is 17.7 Å². The summed E-state index contributed by atoms with van der Waals surface area (Å²) in [5, 5.41) is 0. The van der Waals surface area contributed by atoms with Gasteiger partial charge >= 0.3 is 5.97 Å². The molecule has 132 valence electrons. The predicted molar refractivity (Wildman–Crippen MR) is 97.8 cm³/mol. The van der Waals surface area contributed by atoms with Crippen molar-refractivity contribution in [2.75, 3.05) is 0 Å². The van der Waals surface area contributed by atoms with E-state index in [1.165, 1.54) is 25.0 Å². The van der Waals surface area contributed by atoms with Gasteiger partial charge in [0.05, 0.1) is 5.92 Å². The summed E-state index contributed by atoms with van der Waals surface area (Å²) in [4.78, 5) is 12.4. The molecule has 2 aromatic carbocycles. The average molecular weight is 340 g/mol. The van der Waals surface area contributed by atoms with E-state index in [0.717, 1.165) is 42.7 Å². The summed E-state index contributed by atoms with van der Waals surface area (Å²) >= 11 is 0. The summed E-state index contributed by atoms with van der Waals surface area (Å²) in [6, 6.07) is 13.8. The standard InChI is InChI=1S/C22H25FO2/c1-2-3-16-4-6-19(7-5-16)22(24)25-21-14-10-18(11-15-21)17-8-12-20(23)13-9-17/h8-16,19H,2-7H2,1H3/t16-,19-. The van der Waals surface area contributed by atoms with E-state index in [9.17, 15) is 9.18 Å². The Hall–Kier alpha value is -2.16. The van der Waals surface area contributed by atoms with E-state index in [4.69, 9.17) is 4.74 Å². The predicted octanol–water partition coefficient (Wildman–Crippen LogP) is 6.00. The van der Waals surface area contributed by atoms with Crippen molar-refractivity contribution >= 4 is 5.97 Å². The third-order valence-electron chi connectivity index (χ3n) is 5.13. The Morgan fingerprint density at radius 2 is 1.52 bits per heavy atom. The van der Waals surface area contributed by atoms with Crippen molar-refractivity contribution in [1.29, 1.82) is 0 Å². The smallest absolute Gasteiger partial charge is 0.314 e. The van der Waals surface area contributed by atoms with E-state index >= 15 is 0 Å². The molecule has 0 amide bonds. The van der Waals surface area contributed by atoms with Crippen LogP contribution < -0.4 is 4.74 Å². The molecule has 0 saturated heterocycles. The summed E-state index contributed by atoms with van der Waals surface area (Å²) in [6.07, 6.45) is 6.65. The largest absolute Gasteiger partial charge is 0.426 e. The highest BCUT2D eigenvalue weighted by molar-refractivity contribution is 5.75. The molecule has 3 rings (SSSR count). The summed E-state index contributed by atoms with van der Waals surface area (Å²) in [5.74, 6) is 1.04. The van der Waals surface area contributed by atoms with E-state index in [0.29, 0.717) is 5.75 Å². The van der Waals surface area contributed by atoms with E-state index in [1.54, 1.807) is 24.3 Å². The molecule has 2 nitrogen and oxygen atoms in total. The summed E-state index contributed by atoms with van der Waals surface area (Å²) in [5.41, 5.74) is 1.91. The molecule has 1 aliphatic carbocycles. The highest BCUT2D eigenvalue weighted by atomic mass is 19.1. The van der Waals surface area contributed by atoms with Gasteiger partial charge < -0.3 is 4.74 Å². The number of ether oxygens (including phenoxy) is 1. The van der Waals surface area contributed by atoms with Gasteiger partial charge in [-0.1, -0.05) is 44.0 Å². The van der Waals surface area contributed by atoms with Crippen LogP contribution in [-0.2, 0) is 4.79 Å². The Bertz CT molecular complexity index is 683. The zero-order chi connectivity index (χ0) is 17.6. The minimum Gasteiger partial charge on any atom is -0.426 e. The maximum absolute atomic E-state index is 13.0. The molecule has 0 N–H and O–H groups in total. The van der Waals surface area contributed by atoms with E-state index < -0.39 is 0 Å². The van der Waals surface area contributed by atoms with Crippen LogP contribution in [0.3, 0.4) is 0 Å². The van der Waals surface area contributed by atoms with Crippen LogP contribution in [0.2, 0.25) is 0 Å². The Balaban J connectivity index is 1.56. The molecule has 0 spiro atoms. The van der Waals surface area contributed by atoms with Gasteiger partial charge in [-0.2, -0.15) is 0 Å². The number of hydrogen-bond donors (Lipinski definition) is 0. The van der Waals surface area contributed by atoms with Crippen LogP contribution in [0.15, 0.2) is 48.5 Å². The number of rotatable bonds is 5. The van der Waals surface area contributed by atoms with Gasteiger partial charge in [-0.3, -0.25) is 4.79 Å². The molecule has 0 radical (unpaired) electrons. The lowest BCUT2D eigenvalue weighted by Crippen LogP contribution is -2.25. The molecule has 0 heterocycles. The lowest BCUT2D eigenvalue weighted by atomic mass is 9.80. The molecule has 0 atom stereocenters. The summed E-state index contributed by atoms with van der Waals surface area (Å²) < 4.78 is 18.6. The van der Waals surface area contributed by atoms with E-state index in [1.807, 2.05) is 12.1 Å². The van der Waals surface area contributed by atoms with Crippen LogP contribution in [0.1, 0.15) is 45.4 Å². The molecule has 0 unspecified atom stereocenters. The SMILES string of the molecule is CCC[C@H]1CC[C@H](C(=O)Oc2ccc(-c3ccc(F)cc3)cc2)CC1. The van der Waals surface area contributed by atoms with E-state index in [-0.39, 0.29) is 17.7 Å². The molecule has 25 heavy (non-hydrogen) atoms. The molecule has 0 bridgehead atoms. The summed E-state index contributed by atoms with van der Waals surface area (Å²) in [6.45, 7) is 2.22. The van der Waals surface area contributed by atoms with Crippen molar-refractivity contribution in [3.63, 3.8) is 0 Å². The first-order valence-electron chi connectivity index (χ1n) is 9.23. The Kier molecular flexibility index (Phi) is 5.85. The number of esters is 1. The first kappa shape index (κ1) is 17.7. The molecule has 1 saturated carbocycles. The molecule has 1 fully saturated rings. The second kappa shape index (κ2) is 8.28. The van der Waals surface area contributed by atoms with Gasteiger partial charge in [-0.15, -0.1) is 0 Å². The van der Waals surface area contributed by atoms with Gasteiger partial charge in [0.15, 0.2) is 0 Å². The molecular weight excluding hydrogens is 315 g/mol. The highest BCUT2D eigenvalue weighted by Crippen LogP contribution is 2.32. The van der Waals surface area contributed by atoms with Crippen molar-refractivity contribution in [3.05, 3.63) is 54.3 Å². The molecule has 2 aromatic rings. The van der Waals surface area contributed by atoms with Gasteiger partial charge in [0.1, 0.15) is 11.6 Å². The van der Waals surface area contributed by atoms with Crippen LogP contribution in [-0.4, -0.2) is 5.97 Å². The van der Waals surface area contributed by atoms with Crippen molar-refractivity contribution in [2.45, 2.75) is 45.4 Å². The Morgan fingerprint density at radius 1 is 0.960 bits per heavy atom. The first-order chi connectivity index (χ1) is 12.2. The van der Waals surface area contributed by atoms with Gasteiger partial charge in [0.2, 0.25) is 0 Å². The van der Waals surface area contributed by atoms with Gasteiger partial charge in [-0.05, 0) is 67.0 Å². The molecule has 0 aromatic heterocycles. The quantitative estimate of drug-likeness (QED) is 0.492. The highest BCUT2D eigenvalue weighted by Gasteiger charge is 2.27. The monoisotopic (exact) mass is 340 g/mol. The molecule has 3 heteroatoms. The van der Waals surface area contributed by atoms with Crippen LogP contribution >= 0.6 is 0 Å². The van der Waals surface area contributed by atoms with Gasteiger partial charge in [0, 0.05) is 0 Å². The second-order valence-corrected chi connectivity index (χ2v) is 6.96. The zero-order valence-corrected chi connectivity index (χ0v) is 14.7. The number of hydrogen-bond acceptors (Lipinski definition) is 2. The van der Waals surface area contributed by atoms with E-state index in [2.05, 4.69) is 6.92 Å². The van der Waals surface area contributed by atoms with Crippen LogP contribution in [0.4, 0.5) is 4.39 Å². The second-order valence-electron chi connectivity index (χ2n) is 6.96. The maximum atomic E-state index is 13.0. The maximum Gasteiger partial charge on any atom is 0.314 e. The lowest BCUT2D eigenvalue weighted by molar-refractivity contribution is -0.140. The minimum atomic E-state index is -0.247. The normalized spacial score (nSPS) is 20.2. The molecular formula is C22H25FO2. The number of benzene rings is 2.